The lowest BCUT2D eigenvalue weighted by molar-refractivity contribution is -0.108. The van der Waals surface area contributed by atoms with Crippen molar-refractivity contribution in [1.29, 1.82) is 0 Å². The summed E-state index contributed by atoms with van der Waals surface area (Å²) >= 11 is 0. The van der Waals surface area contributed by atoms with Crippen LogP contribution < -0.4 is 0 Å². The maximum atomic E-state index is 12.7. The molecule has 1 aromatic carbocycles. The normalized spacial score (nSPS) is 36.6. The first-order chi connectivity index (χ1) is 12.2. The largest absolute Gasteiger partial charge is 0.508 e. The molecule has 26 heavy (non-hydrogen) atoms. The molecule has 4 nitrogen and oxygen atoms in total. The minimum atomic E-state index is -0.844. The summed E-state index contributed by atoms with van der Waals surface area (Å²) in [5.41, 5.74) is -0.604. The van der Waals surface area contributed by atoms with Crippen LogP contribution in [-0.4, -0.2) is 27.9 Å². The molecule has 0 aliphatic heterocycles. The highest BCUT2D eigenvalue weighted by Gasteiger charge is 2.58. The van der Waals surface area contributed by atoms with E-state index < -0.39 is 11.6 Å². The summed E-state index contributed by atoms with van der Waals surface area (Å²) in [7, 11) is 0. The molecular weight excluding hydrogens is 328 g/mol. The zero-order valence-electron chi connectivity index (χ0n) is 16.1. The minimum absolute atomic E-state index is 0.0889. The van der Waals surface area contributed by atoms with Crippen LogP contribution in [0.2, 0.25) is 0 Å². The number of carbonyl (C=O) groups is 1. The van der Waals surface area contributed by atoms with Crippen molar-refractivity contribution in [3.05, 3.63) is 42.0 Å². The van der Waals surface area contributed by atoms with Gasteiger partial charge in [-0.15, -0.1) is 0 Å². The van der Waals surface area contributed by atoms with Gasteiger partial charge in [-0.25, -0.2) is 4.79 Å². The molecule has 2 aliphatic rings. The van der Waals surface area contributed by atoms with Crippen LogP contribution in [0.25, 0.3) is 0 Å². The fourth-order valence-corrected chi connectivity index (χ4v) is 4.82. The van der Waals surface area contributed by atoms with Crippen LogP contribution in [0.4, 0.5) is 0 Å². The fourth-order valence-electron chi connectivity index (χ4n) is 4.82. The van der Waals surface area contributed by atoms with Gasteiger partial charge < -0.3 is 14.9 Å². The van der Waals surface area contributed by atoms with Crippen molar-refractivity contribution in [3.8, 4) is 5.75 Å². The van der Waals surface area contributed by atoms with Crippen LogP contribution in [0, 0.1) is 23.2 Å². The molecule has 5 atom stereocenters. The number of allylic oxidation sites excluding steroid dienone is 2. The molecule has 3 rings (SSSR count). The van der Waals surface area contributed by atoms with Crippen molar-refractivity contribution < 1.29 is 19.7 Å². The van der Waals surface area contributed by atoms with Crippen LogP contribution in [-0.2, 0) is 4.74 Å². The number of hydrogen-bond acceptors (Lipinski definition) is 4. The van der Waals surface area contributed by atoms with Gasteiger partial charge in [0, 0.05) is 5.92 Å². The van der Waals surface area contributed by atoms with Gasteiger partial charge in [0.1, 0.15) is 11.9 Å². The Morgan fingerprint density at radius 3 is 2.50 bits per heavy atom. The molecule has 0 aromatic heterocycles. The van der Waals surface area contributed by atoms with Gasteiger partial charge in [-0.1, -0.05) is 39.8 Å². The number of hydrogen-bond donors (Lipinski definition) is 2. The second-order valence-electron chi connectivity index (χ2n) is 8.69. The number of rotatable bonds is 3. The summed E-state index contributed by atoms with van der Waals surface area (Å²) in [5, 5.41) is 20.9. The number of phenols is 1. The number of ether oxygens (including phenoxy) is 1. The Kier molecular flexibility index (Phi) is 4.91. The van der Waals surface area contributed by atoms with E-state index in [-0.39, 0.29) is 35.0 Å². The SMILES string of the molecule is CC(C)[C@]1(O)CC[C@]2(C)C=C[C@@H](C)C[C@H](OC(=O)c3ccc(O)cc3)[C@H]21. The lowest BCUT2D eigenvalue weighted by Gasteiger charge is -2.43. The molecule has 0 spiro atoms. The third-order valence-electron chi connectivity index (χ3n) is 6.46. The third kappa shape index (κ3) is 3.27. The highest BCUT2D eigenvalue weighted by Crippen LogP contribution is 2.57. The van der Waals surface area contributed by atoms with Crippen molar-refractivity contribution in [2.75, 3.05) is 0 Å². The van der Waals surface area contributed by atoms with Gasteiger partial charge >= 0.3 is 5.97 Å². The summed E-state index contributed by atoms with van der Waals surface area (Å²) in [6, 6.07) is 6.10. The van der Waals surface area contributed by atoms with Crippen molar-refractivity contribution >= 4 is 5.97 Å². The van der Waals surface area contributed by atoms with Gasteiger partial charge in [0.15, 0.2) is 0 Å². The zero-order chi connectivity index (χ0) is 19.1. The lowest BCUT2D eigenvalue weighted by Crippen LogP contribution is -2.50. The monoisotopic (exact) mass is 358 g/mol. The Hall–Kier alpha value is -1.81. The molecule has 0 saturated heterocycles. The van der Waals surface area contributed by atoms with E-state index in [4.69, 9.17) is 4.74 Å². The highest BCUT2D eigenvalue weighted by molar-refractivity contribution is 5.89. The number of aliphatic hydroxyl groups is 1. The zero-order valence-corrected chi connectivity index (χ0v) is 16.1. The Morgan fingerprint density at radius 1 is 1.23 bits per heavy atom. The van der Waals surface area contributed by atoms with Crippen LogP contribution in [0.3, 0.4) is 0 Å². The van der Waals surface area contributed by atoms with E-state index >= 15 is 0 Å². The Bertz CT molecular complexity index is 693. The first-order valence-electron chi connectivity index (χ1n) is 9.57. The molecule has 0 amide bonds. The summed E-state index contributed by atoms with van der Waals surface area (Å²) in [5.74, 6) is -0.0365. The molecule has 2 aliphatic carbocycles. The number of benzene rings is 1. The molecule has 0 radical (unpaired) electrons. The van der Waals surface area contributed by atoms with E-state index in [0.29, 0.717) is 12.0 Å². The van der Waals surface area contributed by atoms with Crippen molar-refractivity contribution in [2.45, 2.75) is 58.7 Å². The molecule has 0 heterocycles. The van der Waals surface area contributed by atoms with E-state index in [1.165, 1.54) is 12.1 Å². The molecule has 1 fully saturated rings. The number of aromatic hydroxyl groups is 1. The van der Waals surface area contributed by atoms with Crippen LogP contribution in [0.1, 0.15) is 57.3 Å². The third-order valence-corrected chi connectivity index (χ3v) is 6.46. The van der Waals surface area contributed by atoms with Gasteiger partial charge in [-0.05, 0) is 60.8 Å². The quantitative estimate of drug-likeness (QED) is 0.624. The average Bonchev–Trinajstić information content (AvgIpc) is 2.78. The van der Waals surface area contributed by atoms with Gasteiger partial charge in [0.2, 0.25) is 0 Å². The predicted octanol–water partition coefficient (Wildman–Crippen LogP) is 4.32. The maximum absolute atomic E-state index is 12.7. The van der Waals surface area contributed by atoms with E-state index in [9.17, 15) is 15.0 Å². The fraction of sp³-hybridized carbons (Fsp3) is 0.591. The van der Waals surface area contributed by atoms with Gasteiger partial charge in [-0.2, -0.15) is 0 Å². The molecule has 142 valence electrons. The molecule has 1 aromatic rings. The van der Waals surface area contributed by atoms with Crippen molar-refractivity contribution in [3.63, 3.8) is 0 Å². The molecule has 2 N–H and O–H groups in total. The summed E-state index contributed by atoms with van der Waals surface area (Å²) in [6.07, 6.45) is 6.40. The maximum Gasteiger partial charge on any atom is 0.338 e. The van der Waals surface area contributed by atoms with Crippen molar-refractivity contribution in [1.82, 2.24) is 0 Å². The van der Waals surface area contributed by atoms with Crippen LogP contribution in [0.5, 0.6) is 5.75 Å². The van der Waals surface area contributed by atoms with Crippen LogP contribution >= 0.6 is 0 Å². The first kappa shape index (κ1) is 19.0. The second-order valence-corrected chi connectivity index (χ2v) is 8.69. The first-order valence-corrected chi connectivity index (χ1v) is 9.57. The Morgan fingerprint density at radius 2 is 1.88 bits per heavy atom. The molecule has 0 unspecified atom stereocenters. The Labute approximate surface area is 155 Å². The predicted molar refractivity (Wildman–Crippen MR) is 101 cm³/mol. The van der Waals surface area contributed by atoms with Gasteiger partial charge in [-0.3, -0.25) is 0 Å². The number of esters is 1. The summed E-state index contributed by atoms with van der Waals surface area (Å²) in [6.45, 7) is 8.38. The van der Waals surface area contributed by atoms with E-state index in [2.05, 4.69) is 26.0 Å². The smallest absolute Gasteiger partial charge is 0.338 e. The molecule has 0 bridgehead atoms. The molecule has 1 saturated carbocycles. The minimum Gasteiger partial charge on any atom is -0.508 e. The van der Waals surface area contributed by atoms with E-state index in [0.717, 1.165) is 12.8 Å². The topological polar surface area (TPSA) is 66.8 Å². The number of phenolic OH excluding ortho intramolecular Hbond substituents is 1. The second kappa shape index (κ2) is 6.73. The van der Waals surface area contributed by atoms with Gasteiger partial charge in [0.05, 0.1) is 11.2 Å². The molecular formula is C22H30O4. The average molecular weight is 358 g/mol. The van der Waals surface area contributed by atoms with Crippen molar-refractivity contribution in [2.24, 2.45) is 23.2 Å². The molecule has 4 heteroatoms. The van der Waals surface area contributed by atoms with E-state index in [1.54, 1.807) is 12.1 Å². The summed E-state index contributed by atoms with van der Waals surface area (Å²) in [4.78, 5) is 12.7. The summed E-state index contributed by atoms with van der Waals surface area (Å²) < 4.78 is 5.97. The standard InChI is InChI=1S/C22H30O4/c1-14(2)22(25)12-11-21(4)10-9-15(3)13-18(19(21)22)26-20(24)16-5-7-17(23)8-6-16/h5-10,14-15,18-19,23,25H,11-13H2,1-4H3/t15-,18+,19-,21+,22-/m1/s1. The van der Waals surface area contributed by atoms with Crippen LogP contribution in [0.15, 0.2) is 36.4 Å². The Balaban J connectivity index is 1.92. The highest BCUT2D eigenvalue weighted by atomic mass is 16.5. The van der Waals surface area contributed by atoms with E-state index in [1.807, 2.05) is 13.8 Å². The number of fused-ring (bicyclic) bond motifs is 1. The lowest BCUT2D eigenvalue weighted by atomic mass is 9.68. The number of carbonyl (C=O) groups excluding carboxylic acids is 1. The van der Waals surface area contributed by atoms with Gasteiger partial charge in [0.25, 0.3) is 0 Å².